The van der Waals surface area contributed by atoms with Crippen molar-refractivity contribution in [3.8, 4) is 5.75 Å². The number of thioether (sulfide) groups is 1. The molecule has 1 aromatic carbocycles. The Morgan fingerprint density at radius 3 is 2.90 bits per heavy atom. The minimum atomic E-state index is -0.237. The van der Waals surface area contributed by atoms with E-state index in [-0.39, 0.29) is 16.9 Å². The predicted molar refractivity (Wildman–Crippen MR) is 79.8 cm³/mol. The van der Waals surface area contributed by atoms with Gasteiger partial charge in [0.15, 0.2) is 4.34 Å². The molecule has 2 rings (SSSR count). The molecule has 0 fully saturated rings. The number of amides is 1. The number of rotatable bonds is 5. The predicted octanol–water partition coefficient (Wildman–Crippen LogP) is 2.38. The van der Waals surface area contributed by atoms with Gasteiger partial charge in [0, 0.05) is 19.2 Å². The number of phenols is 1. The summed E-state index contributed by atoms with van der Waals surface area (Å²) >= 11 is 2.81. The summed E-state index contributed by atoms with van der Waals surface area (Å²) in [6.07, 6.45) is 0. The van der Waals surface area contributed by atoms with E-state index in [2.05, 4.69) is 10.2 Å². The van der Waals surface area contributed by atoms with Gasteiger partial charge in [0.2, 0.25) is 5.91 Å². The first kappa shape index (κ1) is 14.8. The van der Waals surface area contributed by atoms with Gasteiger partial charge in [-0.25, -0.2) is 0 Å². The lowest BCUT2D eigenvalue weighted by atomic mass is 10.2. The summed E-state index contributed by atoms with van der Waals surface area (Å²) in [7, 11) is 1.73. The van der Waals surface area contributed by atoms with E-state index in [4.69, 9.17) is 0 Å². The molecule has 0 saturated heterocycles. The maximum Gasteiger partial charge on any atom is 0.235 e. The number of carbonyl (C=O) groups is 1. The molecule has 20 heavy (non-hydrogen) atoms. The highest BCUT2D eigenvalue weighted by molar-refractivity contribution is 8.02. The van der Waals surface area contributed by atoms with E-state index in [1.807, 2.05) is 19.1 Å². The Balaban J connectivity index is 1.96. The second-order valence-corrected chi connectivity index (χ2v) is 6.71. The van der Waals surface area contributed by atoms with Crippen molar-refractivity contribution in [1.82, 2.24) is 15.1 Å². The molecule has 106 valence electrons. The lowest BCUT2D eigenvalue weighted by Gasteiger charge is -2.21. The van der Waals surface area contributed by atoms with Gasteiger partial charge in [-0.1, -0.05) is 41.3 Å². The van der Waals surface area contributed by atoms with E-state index in [9.17, 15) is 9.90 Å². The molecule has 1 N–H and O–H groups in total. The summed E-state index contributed by atoms with van der Waals surface area (Å²) in [5.41, 5.74) is 2.38. The third-order valence-corrected chi connectivity index (χ3v) is 4.64. The first-order valence-electron chi connectivity index (χ1n) is 6.02. The molecule has 1 atom stereocenters. The van der Waals surface area contributed by atoms with Crippen LogP contribution in [0.3, 0.4) is 0 Å². The number of hydrogen-bond acceptors (Lipinski definition) is 6. The van der Waals surface area contributed by atoms with Crippen molar-refractivity contribution in [2.45, 2.75) is 23.1 Å². The molecule has 1 amide bonds. The summed E-state index contributed by atoms with van der Waals surface area (Å²) < 4.78 is 0.779. The number of carbonyl (C=O) groups excluding carboxylic acids is 1. The summed E-state index contributed by atoms with van der Waals surface area (Å²) in [4.78, 5) is 13.9. The highest BCUT2D eigenvalue weighted by Crippen LogP contribution is 2.26. The summed E-state index contributed by atoms with van der Waals surface area (Å²) in [5, 5.41) is 17.2. The Bertz CT molecular complexity index is 575. The number of phenolic OH excluding ortho intramolecular Hbond substituents is 1. The fourth-order valence-electron chi connectivity index (χ4n) is 1.70. The Labute approximate surface area is 125 Å². The zero-order valence-electron chi connectivity index (χ0n) is 11.2. The molecule has 5 nitrogen and oxygen atoms in total. The molecule has 0 bridgehead atoms. The molecule has 0 aliphatic heterocycles. The van der Waals surface area contributed by atoms with E-state index in [0.717, 1.165) is 9.90 Å². The van der Waals surface area contributed by atoms with E-state index in [1.165, 1.54) is 23.1 Å². The molecule has 7 heteroatoms. The number of aromatic nitrogens is 2. The Morgan fingerprint density at radius 1 is 1.50 bits per heavy atom. The van der Waals surface area contributed by atoms with Crippen LogP contribution in [0, 0.1) is 0 Å². The normalized spacial score (nSPS) is 12.1. The van der Waals surface area contributed by atoms with Crippen molar-refractivity contribution in [3.05, 3.63) is 35.3 Å². The maximum absolute atomic E-state index is 12.3. The molecule has 1 heterocycles. The molecule has 1 aromatic heterocycles. The van der Waals surface area contributed by atoms with Crippen molar-refractivity contribution < 1.29 is 9.90 Å². The van der Waals surface area contributed by atoms with Gasteiger partial charge in [-0.15, -0.1) is 10.2 Å². The molecule has 0 radical (unpaired) electrons. The number of para-hydroxylation sites is 1. The Hall–Kier alpha value is -1.60. The molecule has 0 spiro atoms. The van der Waals surface area contributed by atoms with Crippen LogP contribution in [0.2, 0.25) is 0 Å². The zero-order chi connectivity index (χ0) is 14.5. The van der Waals surface area contributed by atoms with Gasteiger partial charge in [0.05, 0.1) is 5.25 Å². The van der Waals surface area contributed by atoms with Gasteiger partial charge < -0.3 is 10.0 Å². The van der Waals surface area contributed by atoms with Crippen LogP contribution in [-0.4, -0.2) is 38.4 Å². The smallest absolute Gasteiger partial charge is 0.235 e. The third-order valence-electron chi connectivity index (χ3n) is 2.74. The van der Waals surface area contributed by atoms with Crippen LogP contribution in [0.5, 0.6) is 5.75 Å². The van der Waals surface area contributed by atoms with Crippen molar-refractivity contribution in [1.29, 1.82) is 0 Å². The summed E-state index contributed by atoms with van der Waals surface area (Å²) in [6, 6.07) is 7.02. The van der Waals surface area contributed by atoms with Gasteiger partial charge >= 0.3 is 0 Å². The maximum atomic E-state index is 12.3. The van der Waals surface area contributed by atoms with Crippen molar-refractivity contribution in [2.75, 3.05) is 7.05 Å². The largest absolute Gasteiger partial charge is 0.508 e. The third kappa shape index (κ3) is 3.71. The Kier molecular flexibility index (Phi) is 4.97. The van der Waals surface area contributed by atoms with E-state index >= 15 is 0 Å². The van der Waals surface area contributed by atoms with Crippen LogP contribution in [0.4, 0.5) is 0 Å². The molecule has 1 unspecified atom stereocenters. The molecule has 2 aromatic rings. The summed E-state index contributed by atoms with van der Waals surface area (Å²) in [5.74, 6) is 0.199. The molecular formula is C13H15N3O2S2. The number of aromatic hydroxyl groups is 1. The first-order valence-corrected chi connectivity index (χ1v) is 7.78. The van der Waals surface area contributed by atoms with Crippen LogP contribution in [0.15, 0.2) is 34.1 Å². The van der Waals surface area contributed by atoms with Gasteiger partial charge in [-0.2, -0.15) is 0 Å². The lowest BCUT2D eigenvalue weighted by molar-refractivity contribution is -0.129. The standard InChI is InChI=1S/C13H15N3O2S2/c1-9(20-13-15-14-8-19-13)12(18)16(2)7-10-5-3-4-6-11(10)17/h3-6,8-9,17H,7H2,1-2H3. The number of hydrogen-bond donors (Lipinski definition) is 1. The van der Waals surface area contributed by atoms with Crippen LogP contribution in [0.25, 0.3) is 0 Å². The van der Waals surface area contributed by atoms with Crippen molar-refractivity contribution in [3.63, 3.8) is 0 Å². The highest BCUT2D eigenvalue weighted by atomic mass is 32.2. The van der Waals surface area contributed by atoms with Gasteiger partial charge in [-0.05, 0) is 13.0 Å². The van der Waals surface area contributed by atoms with E-state index < -0.39 is 0 Å². The van der Waals surface area contributed by atoms with Crippen LogP contribution in [-0.2, 0) is 11.3 Å². The summed E-state index contributed by atoms with van der Waals surface area (Å²) in [6.45, 7) is 2.22. The fourth-order valence-corrected chi connectivity index (χ4v) is 3.44. The average molecular weight is 309 g/mol. The molecular weight excluding hydrogens is 294 g/mol. The van der Waals surface area contributed by atoms with Crippen LogP contribution >= 0.6 is 23.1 Å². The lowest BCUT2D eigenvalue weighted by Crippen LogP contribution is -2.32. The van der Waals surface area contributed by atoms with E-state index in [1.54, 1.807) is 29.6 Å². The van der Waals surface area contributed by atoms with Crippen molar-refractivity contribution >= 4 is 29.0 Å². The second kappa shape index (κ2) is 6.71. The highest BCUT2D eigenvalue weighted by Gasteiger charge is 2.20. The van der Waals surface area contributed by atoms with Gasteiger partial charge in [0.1, 0.15) is 11.3 Å². The Morgan fingerprint density at radius 2 is 2.25 bits per heavy atom. The van der Waals surface area contributed by atoms with Gasteiger partial charge in [-0.3, -0.25) is 4.79 Å². The number of benzene rings is 1. The number of nitrogens with zero attached hydrogens (tertiary/aromatic N) is 3. The van der Waals surface area contributed by atoms with Crippen molar-refractivity contribution in [2.24, 2.45) is 0 Å². The topological polar surface area (TPSA) is 66.3 Å². The first-order chi connectivity index (χ1) is 9.58. The molecule has 0 aliphatic carbocycles. The van der Waals surface area contributed by atoms with Crippen LogP contribution in [0.1, 0.15) is 12.5 Å². The minimum absolute atomic E-state index is 0.00606. The minimum Gasteiger partial charge on any atom is -0.508 e. The van der Waals surface area contributed by atoms with Crippen LogP contribution < -0.4 is 0 Å². The quantitative estimate of drug-likeness (QED) is 0.859. The van der Waals surface area contributed by atoms with Gasteiger partial charge in [0.25, 0.3) is 0 Å². The zero-order valence-corrected chi connectivity index (χ0v) is 12.8. The second-order valence-electron chi connectivity index (χ2n) is 4.29. The monoisotopic (exact) mass is 309 g/mol. The SMILES string of the molecule is CC(Sc1nncs1)C(=O)N(C)Cc1ccccc1O. The average Bonchev–Trinajstić information content (AvgIpc) is 2.93. The van der Waals surface area contributed by atoms with E-state index in [0.29, 0.717) is 6.54 Å². The fraction of sp³-hybridized carbons (Fsp3) is 0.308. The molecule has 0 saturated carbocycles. The molecule has 0 aliphatic rings.